The van der Waals surface area contributed by atoms with Crippen molar-refractivity contribution in [1.29, 1.82) is 0 Å². The van der Waals surface area contributed by atoms with Gasteiger partial charge in [0.15, 0.2) is 0 Å². The van der Waals surface area contributed by atoms with Gasteiger partial charge in [0, 0.05) is 26.6 Å². The van der Waals surface area contributed by atoms with Gasteiger partial charge in [0.25, 0.3) is 0 Å². The van der Waals surface area contributed by atoms with Gasteiger partial charge in [-0.15, -0.1) is 0 Å². The lowest BCUT2D eigenvalue weighted by Gasteiger charge is -2.28. The van der Waals surface area contributed by atoms with E-state index >= 15 is 0 Å². The second-order valence-corrected chi connectivity index (χ2v) is 4.84. The second kappa shape index (κ2) is 8.25. The van der Waals surface area contributed by atoms with Crippen LogP contribution in [0.4, 0.5) is 4.79 Å². The number of aliphatic carboxylic acids is 1. The predicted octanol–water partition coefficient (Wildman–Crippen LogP) is -0.307. The molecule has 118 valence electrons. The molecule has 1 atom stereocenters. The van der Waals surface area contributed by atoms with Crippen LogP contribution in [0.2, 0.25) is 0 Å². The van der Waals surface area contributed by atoms with Gasteiger partial charge < -0.3 is 25.8 Å². The number of carbonyl (C=O) groups excluding carboxylic acids is 2. The van der Waals surface area contributed by atoms with Gasteiger partial charge in [-0.05, 0) is 18.4 Å². The average Bonchev–Trinajstić information content (AvgIpc) is 2.43. The Hall–Kier alpha value is -2.09. The van der Waals surface area contributed by atoms with Gasteiger partial charge in [-0.2, -0.15) is 0 Å². The molecule has 8 nitrogen and oxygen atoms in total. The predicted molar refractivity (Wildman–Crippen MR) is 74.5 cm³/mol. The van der Waals surface area contributed by atoms with Crippen molar-refractivity contribution in [3.8, 4) is 0 Å². The number of rotatable bonds is 7. The molecule has 0 saturated heterocycles. The highest BCUT2D eigenvalue weighted by Gasteiger charge is 2.24. The van der Waals surface area contributed by atoms with E-state index in [0.717, 1.165) is 5.57 Å². The molecule has 0 unspecified atom stereocenters. The summed E-state index contributed by atoms with van der Waals surface area (Å²) in [7, 11) is 1.61. The van der Waals surface area contributed by atoms with Crippen LogP contribution < -0.4 is 11.1 Å². The summed E-state index contributed by atoms with van der Waals surface area (Å²) in [5.41, 5.74) is 6.10. The minimum atomic E-state index is -1.18. The van der Waals surface area contributed by atoms with Crippen molar-refractivity contribution in [3.05, 3.63) is 11.6 Å². The monoisotopic (exact) mass is 299 g/mol. The number of ether oxygens (including phenoxy) is 1. The number of carboxylic acid groups (broad SMARTS) is 1. The van der Waals surface area contributed by atoms with Crippen LogP contribution in [0.5, 0.6) is 0 Å². The summed E-state index contributed by atoms with van der Waals surface area (Å²) < 4.78 is 5.02. The van der Waals surface area contributed by atoms with Crippen LogP contribution in [0.15, 0.2) is 11.6 Å². The lowest BCUT2D eigenvalue weighted by atomic mass is 10.1. The normalized spacial score (nSPS) is 16.0. The molecule has 0 spiro atoms. The van der Waals surface area contributed by atoms with Gasteiger partial charge in [-0.1, -0.05) is 6.08 Å². The molecule has 0 aromatic carbocycles. The highest BCUT2D eigenvalue weighted by Crippen LogP contribution is 2.11. The summed E-state index contributed by atoms with van der Waals surface area (Å²) in [4.78, 5) is 35.3. The summed E-state index contributed by atoms with van der Waals surface area (Å²) in [6.45, 7) is 1.45. The molecule has 4 N–H and O–H groups in total. The fourth-order valence-corrected chi connectivity index (χ4v) is 2.00. The molecule has 0 fully saturated rings. The molecule has 0 aromatic rings. The van der Waals surface area contributed by atoms with Crippen molar-refractivity contribution < 1.29 is 24.2 Å². The third-order valence-electron chi connectivity index (χ3n) is 3.20. The van der Waals surface area contributed by atoms with Crippen LogP contribution in [-0.4, -0.2) is 60.8 Å². The lowest BCUT2D eigenvalue weighted by Crippen LogP contribution is -2.49. The van der Waals surface area contributed by atoms with E-state index in [0.29, 0.717) is 26.1 Å². The number of urea groups is 1. The molecule has 1 aliphatic heterocycles. The number of nitrogens with one attached hydrogen (secondary N) is 1. The number of primary amides is 1. The van der Waals surface area contributed by atoms with Gasteiger partial charge in [-0.3, -0.25) is 4.79 Å². The maximum Gasteiger partial charge on any atom is 0.326 e. The quantitative estimate of drug-likeness (QED) is 0.557. The molecule has 1 heterocycles. The first-order valence-electron chi connectivity index (χ1n) is 6.67. The zero-order valence-corrected chi connectivity index (χ0v) is 12.0. The van der Waals surface area contributed by atoms with Crippen molar-refractivity contribution in [2.24, 2.45) is 5.73 Å². The van der Waals surface area contributed by atoms with Gasteiger partial charge in [-0.25, -0.2) is 9.59 Å². The highest BCUT2D eigenvalue weighted by atomic mass is 16.5. The number of methoxy groups -OCH3 is 1. The Kier molecular flexibility index (Phi) is 6.67. The molecule has 21 heavy (non-hydrogen) atoms. The molecule has 0 aromatic heterocycles. The highest BCUT2D eigenvalue weighted by molar-refractivity contribution is 5.83. The molecule has 0 aliphatic carbocycles. The van der Waals surface area contributed by atoms with Crippen LogP contribution in [0.25, 0.3) is 0 Å². The average molecular weight is 299 g/mol. The fraction of sp³-hybridized carbons (Fsp3) is 0.615. The Morgan fingerprint density at radius 3 is 2.71 bits per heavy atom. The maximum atomic E-state index is 12.0. The number of hydrogen-bond acceptors (Lipinski definition) is 4. The van der Waals surface area contributed by atoms with E-state index in [2.05, 4.69) is 5.32 Å². The summed E-state index contributed by atoms with van der Waals surface area (Å²) in [6.07, 6.45) is 2.48. The summed E-state index contributed by atoms with van der Waals surface area (Å²) in [5.74, 6) is -1.78. The molecular weight excluding hydrogens is 278 g/mol. The summed E-state index contributed by atoms with van der Waals surface area (Å²) in [5, 5.41) is 11.4. The van der Waals surface area contributed by atoms with Crippen molar-refractivity contribution in [2.75, 3.05) is 26.8 Å². The van der Waals surface area contributed by atoms with Crippen molar-refractivity contribution in [2.45, 2.75) is 25.3 Å². The van der Waals surface area contributed by atoms with E-state index in [4.69, 9.17) is 15.6 Å². The van der Waals surface area contributed by atoms with E-state index in [9.17, 15) is 14.4 Å². The molecule has 0 saturated carbocycles. The van der Waals surface area contributed by atoms with Gasteiger partial charge >= 0.3 is 12.0 Å². The molecule has 1 aliphatic rings. The number of nitrogens with zero attached hydrogens (tertiary/aromatic N) is 1. The first-order chi connectivity index (χ1) is 9.93. The molecule has 0 radical (unpaired) electrons. The lowest BCUT2D eigenvalue weighted by molar-refractivity contribution is -0.139. The van der Waals surface area contributed by atoms with Crippen LogP contribution in [0, 0.1) is 0 Å². The van der Waals surface area contributed by atoms with Crippen LogP contribution >= 0.6 is 0 Å². The SMILES string of the molecule is COCC1=CCN(C(=O)N[C@@H](CCC(N)=O)C(=O)O)CC1. The zero-order chi connectivity index (χ0) is 15.8. The number of carboxylic acids is 1. The van der Waals surface area contributed by atoms with Crippen LogP contribution in [0.3, 0.4) is 0 Å². The maximum absolute atomic E-state index is 12.0. The first-order valence-corrected chi connectivity index (χ1v) is 6.67. The largest absolute Gasteiger partial charge is 0.480 e. The van der Waals surface area contributed by atoms with E-state index in [1.165, 1.54) is 4.90 Å². The minimum Gasteiger partial charge on any atom is -0.480 e. The van der Waals surface area contributed by atoms with Gasteiger partial charge in [0.1, 0.15) is 6.04 Å². The van der Waals surface area contributed by atoms with Crippen LogP contribution in [-0.2, 0) is 14.3 Å². The van der Waals surface area contributed by atoms with E-state index in [-0.39, 0.29) is 12.8 Å². The van der Waals surface area contributed by atoms with Crippen molar-refractivity contribution in [1.82, 2.24) is 10.2 Å². The Labute approximate surface area is 122 Å². The topological polar surface area (TPSA) is 122 Å². The van der Waals surface area contributed by atoms with Gasteiger partial charge in [0.2, 0.25) is 5.91 Å². The van der Waals surface area contributed by atoms with Gasteiger partial charge in [0.05, 0.1) is 6.61 Å². The van der Waals surface area contributed by atoms with Crippen molar-refractivity contribution in [3.63, 3.8) is 0 Å². The number of amides is 3. The van der Waals surface area contributed by atoms with Crippen LogP contribution in [0.1, 0.15) is 19.3 Å². The molecule has 1 rings (SSSR count). The Balaban J connectivity index is 2.51. The summed E-state index contributed by atoms with van der Waals surface area (Å²) >= 11 is 0. The Morgan fingerprint density at radius 1 is 1.52 bits per heavy atom. The second-order valence-electron chi connectivity index (χ2n) is 4.84. The molecule has 3 amide bonds. The zero-order valence-electron chi connectivity index (χ0n) is 12.0. The van der Waals surface area contributed by atoms with Crippen molar-refractivity contribution >= 4 is 17.9 Å². The number of nitrogens with two attached hydrogens (primary N) is 1. The number of carbonyl (C=O) groups is 3. The Bertz CT molecular complexity index is 436. The Morgan fingerprint density at radius 2 is 2.24 bits per heavy atom. The minimum absolute atomic E-state index is 0.0188. The van der Waals surface area contributed by atoms with E-state index in [1.54, 1.807) is 7.11 Å². The first kappa shape index (κ1) is 17.0. The third kappa shape index (κ3) is 5.82. The van der Waals surface area contributed by atoms with E-state index < -0.39 is 23.9 Å². The number of hydrogen-bond donors (Lipinski definition) is 3. The standard InChI is InChI=1S/C13H21N3O5/c1-21-8-9-4-6-16(7-5-9)13(20)15-10(12(18)19)2-3-11(14)17/h4,10H,2-3,5-8H2,1H3,(H2,14,17)(H,15,20)(H,18,19)/t10-/m0/s1. The summed E-state index contributed by atoms with van der Waals surface area (Å²) in [6, 6.07) is -1.58. The third-order valence-corrected chi connectivity index (χ3v) is 3.20. The molecule has 0 bridgehead atoms. The fourth-order valence-electron chi connectivity index (χ4n) is 2.00. The molecular formula is C13H21N3O5. The smallest absolute Gasteiger partial charge is 0.326 e. The molecule has 8 heteroatoms. The van der Waals surface area contributed by atoms with E-state index in [1.807, 2.05) is 6.08 Å².